The molecule has 1 aliphatic rings. The second-order valence-corrected chi connectivity index (χ2v) is 8.95. The van der Waals surface area contributed by atoms with E-state index >= 15 is 0 Å². The summed E-state index contributed by atoms with van der Waals surface area (Å²) in [5, 5.41) is 5.36. The third kappa shape index (κ3) is 7.83. The lowest BCUT2D eigenvalue weighted by molar-refractivity contribution is -0.139. The molecule has 37 heavy (non-hydrogen) atoms. The molecule has 3 aromatic carbocycles. The zero-order valence-corrected chi connectivity index (χ0v) is 20.8. The number of hydrogen-bond donors (Lipinski definition) is 2. The van der Waals surface area contributed by atoms with Gasteiger partial charge in [0.2, 0.25) is 5.91 Å². The molecule has 0 aliphatic heterocycles. The molecule has 1 fully saturated rings. The van der Waals surface area contributed by atoms with Crippen LogP contribution in [0.5, 0.6) is 5.75 Å². The molecule has 0 aromatic heterocycles. The van der Waals surface area contributed by atoms with Gasteiger partial charge in [0.05, 0.1) is 25.8 Å². The summed E-state index contributed by atoms with van der Waals surface area (Å²) in [4.78, 5) is 39.0. The number of methoxy groups -OCH3 is 1. The summed E-state index contributed by atoms with van der Waals surface area (Å²) in [5.41, 5.74) is 2.95. The molecule has 0 heterocycles. The first-order valence-corrected chi connectivity index (χ1v) is 12.3. The van der Waals surface area contributed by atoms with Crippen molar-refractivity contribution in [2.75, 3.05) is 30.4 Å². The number of nitrogens with zero attached hydrogens (tertiary/aromatic N) is 1. The lowest BCUT2D eigenvalue weighted by atomic mass is 10.1. The molecule has 0 saturated heterocycles. The van der Waals surface area contributed by atoms with E-state index in [0.29, 0.717) is 41.8 Å². The predicted molar refractivity (Wildman–Crippen MR) is 141 cm³/mol. The molecule has 3 amide bonds. The average Bonchev–Trinajstić information content (AvgIpc) is 3.74. The first-order valence-electron chi connectivity index (χ1n) is 12.3. The summed E-state index contributed by atoms with van der Waals surface area (Å²) in [7, 11) is 1.33. The molecule has 1 aliphatic carbocycles. The number of para-hydroxylation sites is 2. The van der Waals surface area contributed by atoms with Gasteiger partial charge < -0.3 is 25.0 Å². The number of urea groups is 1. The lowest BCUT2D eigenvalue weighted by Crippen LogP contribution is -2.42. The first-order chi connectivity index (χ1) is 18.0. The van der Waals surface area contributed by atoms with Crippen molar-refractivity contribution in [1.29, 1.82) is 0 Å². The highest BCUT2D eigenvalue weighted by Crippen LogP contribution is 2.35. The van der Waals surface area contributed by atoms with E-state index in [9.17, 15) is 14.4 Å². The number of carbonyl (C=O) groups is 3. The Kier molecular flexibility index (Phi) is 8.75. The zero-order chi connectivity index (χ0) is 26.0. The Morgan fingerprint density at radius 3 is 2.41 bits per heavy atom. The monoisotopic (exact) mass is 501 g/mol. The van der Waals surface area contributed by atoms with Crippen LogP contribution in [0.3, 0.4) is 0 Å². The smallest absolute Gasteiger partial charge is 0.319 e. The van der Waals surface area contributed by atoms with Crippen LogP contribution in [0.15, 0.2) is 78.9 Å². The number of esters is 1. The molecule has 2 N–H and O–H groups in total. The minimum absolute atomic E-state index is 0.105. The van der Waals surface area contributed by atoms with Crippen LogP contribution in [0, 0.1) is 5.92 Å². The van der Waals surface area contributed by atoms with Gasteiger partial charge >= 0.3 is 12.0 Å². The second kappa shape index (κ2) is 12.6. The van der Waals surface area contributed by atoms with Crippen molar-refractivity contribution in [2.24, 2.45) is 5.92 Å². The van der Waals surface area contributed by atoms with E-state index in [4.69, 9.17) is 4.74 Å². The van der Waals surface area contributed by atoms with Crippen LogP contribution in [0.4, 0.5) is 16.2 Å². The molecular weight excluding hydrogens is 470 g/mol. The minimum atomic E-state index is -0.511. The highest BCUT2D eigenvalue weighted by Gasteiger charge is 2.29. The Labute approximate surface area is 216 Å². The summed E-state index contributed by atoms with van der Waals surface area (Å²) in [6.07, 6.45) is 2.26. The number of ether oxygens (including phenoxy) is 2. The number of hydrogen-bond acceptors (Lipinski definition) is 5. The van der Waals surface area contributed by atoms with E-state index in [-0.39, 0.29) is 24.8 Å². The fourth-order valence-corrected chi connectivity index (χ4v) is 3.86. The van der Waals surface area contributed by atoms with E-state index in [2.05, 4.69) is 15.4 Å². The van der Waals surface area contributed by atoms with Crippen LogP contribution in [-0.4, -0.2) is 38.1 Å². The van der Waals surface area contributed by atoms with E-state index in [1.165, 1.54) is 7.11 Å². The maximum absolute atomic E-state index is 13.3. The van der Waals surface area contributed by atoms with Gasteiger partial charge in [-0.25, -0.2) is 4.79 Å². The summed E-state index contributed by atoms with van der Waals surface area (Å²) >= 11 is 0. The average molecular weight is 502 g/mol. The molecule has 0 radical (unpaired) electrons. The normalized spacial score (nSPS) is 12.4. The van der Waals surface area contributed by atoms with E-state index < -0.39 is 6.03 Å². The first kappa shape index (κ1) is 25.8. The van der Waals surface area contributed by atoms with Crippen LogP contribution in [0.1, 0.15) is 24.0 Å². The molecule has 8 heteroatoms. The Morgan fingerprint density at radius 1 is 0.919 bits per heavy atom. The number of anilines is 2. The third-order valence-corrected chi connectivity index (χ3v) is 5.99. The highest BCUT2D eigenvalue weighted by molar-refractivity contribution is 5.99. The molecular formula is C29H31N3O5. The van der Waals surface area contributed by atoms with Gasteiger partial charge in [0.1, 0.15) is 12.4 Å². The van der Waals surface area contributed by atoms with Crippen molar-refractivity contribution in [1.82, 2.24) is 5.32 Å². The van der Waals surface area contributed by atoms with E-state index in [1.54, 1.807) is 29.2 Å². The Bertz CT molecular complexity index is 1230. The van der Waals surface area contributed by atoms with Gasteiger partial charge in [-0.05, 0) is 54.2 Å². The summed E-state index contributed by atoms with van der Waals surface area (Å²) < 4.78 is 10.8. The molecule has 4 rings (SSSR count). The fraction of sp³-hybridized carbons (Fsp3) is 0.276. The van der Waals surface area contributed by atoms with Gasteiger partial charge in [0, 0.05) is 12.2 Å². The molecule has 8 nitrogen and oxygen atoms in total. The van der Waals surface area contributed by atoms with Gasteiger partial charge in [-0.3, -0.25) is 9.59 Å². The molecule has 1 saturated carbocycles. The predicted octanol–water partition coefficient (Wildman–Crippen LogP) is 4.55. The molecule has 0 atom stereocenters. The maximum atomic E-state index is 13.3. The van der Waals surface area contributed by atoms with Crippen molar-refractivity contribution in [3.8, 4) is 5.75 Å². The summed E-state index contributed by atoms with van der Waals surface area (Å²) in [5.74, 6) is 0.470. The highest BCUT2D eigenvalue weighted by atomic mass is 16.5. The van der Waals surface area contributed by atoms with Gasteiger partial charge in [0.25, 0.3) is 0 Å². The van der Waals surface area contributed by atoms with Gasteiger partial charge in [-0.2, -0.15) is 0 Å². The van der Waals surface area contributed by atoms with Crippen LogP contribution in [0.2, 0.25) is 0 Å². The number of carbonyl (C=O) groups excluding carboxylic acids is 3. The van der Waals surface area contributed by atoms with E-state index in [1.807, 2.05) is 54.6 Å². The standard InChI is InChI=1S/C29H31N3O5/c1-36-28(34)17-23-10-7-11-24(16-23)31-29(35)30-18-27(33)32(19-21-14-15-21)25-12-5-6-13-26(25)37-20-22-8-3-2-4-9-22/h2-13,16,21H,14-15,17-20H2,1H3,(H2,30,31,35). The zero-order valence-electron chi connectivity index (χ0n) is 20.8. The summed E-state index contributed by atoms with van der Waals surface area (Å²) in [6.45, 7) is 0.788. The molecule has 0 unspecified atom stereocenters. The topological polar surface area (TPSA) is 97.0 Å². The van der Waals surface area contributed by atoms with Crippen molar-refractivity contribution in [3.63, 3.8) is 0 Å². The largest absolute Gasteiger partial charge is 0.487 e. The van der Waals surface area contributed by atoms with Gasteiger partial charge in [-0.15, -0.1) is 0 Å². The van der Waals surface area contributed by atoms with Crippen molar-refractivity contribution >= 4 is 29.3 Å². The van der Waals surface area contributed by atoms with Gasteiger partial charge in [0.15, 0.2) is 0 Å². The molecule has 192 valence electrons. The van der Waals surface area contributed by atoms with Crippen molar-refractivity contribution in [3.05, 3.63) is 90.0 Å². The minimum Gasteiger partial charge on any atom is -0.487 e. The molecule has 0 spiro atoms. The second-order valence-electron chi connectivity index (χ2n) is 8.95. The van der Waals surface area contributed by atoms with Crippen LogP contribution >= 0.6 is 0 Å². The van der Waals surface area contributed by atoms with Crippen molar-refractivity contribution < 1.29 is 23.9 Å². The Morgan fingerprint density at radius 2 is 1.65 bits per heavy atom. The van der Waals surface area contributed by atoms with Crippen LogP contribution in [0.25, 0.3) is 0 Å². The quantitative estimate of drug-likeness (QED) is 0.376. The Hall–Kier alpha value is -4.33. The van der Waals surface area contributed by atoms with E-state index in [0.717, 1.165) is 18.4 Å². The Balaban J connectivity index is 1.38. The SMILES string of the molecule is COC(=O)Cc1cccc(NC(=O)NCC(=O)N(CC2CC2)c2ccccc2OCc2ccccc2)c1. The molecule has 3 aromatic rings. The number of rotatable bonds is 11. The number of benzene rings is 3. The number of amides is 3. The number of nitrogens with one attached hydrogen (secondary N) is 2. The van der Waals surface area contributed by atoms with Gasteiger partial charge in [-0.1, -0.05) is 54.6 Å². The summed E-state index contributed by atoms with van der Waals surface area (Å²) in [6, 6.07) is 23.7. The fourth-order valence-electron chi connectivity index (χ4n) is 3.86. The van der Waals surface area contributed by atoms with Crippen LogP contribution in [-0.2, 0) is 27.4 Å². The maximum Gasteiger partial charge on any atom is 0.319 e. The molecule has 0 bridgehead atoms. The van der Waals surface area contributed by atoms with Crippen molar-refractivity contribution in [2.45, 2.75) is 25.9 Å². The third-order valence-electron chi connectivity index (χ3n) is 5.99. The van der Waals surface area contributed by atoms with Crippen LogP contribution < -0.4 is 20.3 Å². The lowest BCUT2D eigenvalue weighted by Gasteiger charge is -2.25.